The van der Waals surface area contributed by atoms with Gasteiger partial charge < -0.3 is 10.1 Å². The fourth-order valence-corrected chi connectivity index (χ4v) is 3.91. The lowest BCUT2D eigenvalue weighted by atomic mass is 10.1. The van der Waals surface area contributed by atoms with E-state index in [2.05, 4.69) is 21.3 Å². The van der Waals surface area contributed by atoms with Crippen molar-refractivity contribution in [2.24, 2.45) is 0 Å². The van der Waals surface area contributed by atoms with E-state index < -0.39 is 0 Å². The van der Waals surface area contributed by atoms with Crippen LogP contribution in [0.5, 0.6) is 0 Å². The predicted molar refractivity (Wildman–Crippen MR) is 116 cm³/mol. The van der Waals surface area contributed by atoms with Crippen molar-refractivity contribution in [2.75, 3.05) is 37.9 Å². The van der Waals surface area contributed by atoms with Gasteiger partial charge in [-0.05, 0) is 48.2 Å². The highest BCUT2D eigenvalue weighted by atomic mass is 32.2. The second-order valence-corrected chi connectivity index (χ2v) is 7.65. The number of rotatable bonds is 6. The normalized spacial score (nSPS) is 14.7. The fraction of sp³-hybridized carbons (Fsp3) is 0.273. The predicted octanol–water partition coefficient (Wildman–Crippen LogP) is 3.68. The van der Waals surface area contributed by atoms with Gasteiger partial charge in [-0.3, -0.25) is 14.3 Å². The zero-order valence-electron chi connectivity index (χ0n) is 16.4. The minimum absolute atomic E-state index is 0.115. The molecule has 0 saturated carbocycles. The number of hydrogen-bond acceptors (Lipinski definition) is 5. The van der Waals surface area contributed by atoms with E-state index in [1.165, 1.54) is 5.56 Å². The smallest absolute Gasteiger partial charge is 0.255 e. The van der Waals surface area contributed by atoms with Gasteiger partial charge in [0.05, 0.1) is 13.2 Å². The van der Waals surface area contributed by atoms with Gasteiger partial charge >= 0.3 is 0 Å². The summed E-state index contributed by atoms with van der Waals surface area (Å²) in [6, 6.07) is 15.6. The van der Waals surface area contributed by atoms with Crippen molar-refractivity contribution < 1.29 is 9.53 Å². The van der Waals surface area contributed by atoms with E-state index in [-0.39, 0.29) is 5.91 Å². The molecule has 6 nitrogen and oxygen atoms in total. The summed E-state index contributed by atoms with van der Waals surface area (Å²) >= 11 is 1.59. The Morgan fingerprint density at radius 3 is 2.72 bits per heavy atom. The zero-order chi connectivity index (χ0) is 20.1. The lowest BCUT2D eigenvalue weighted by Gasteiger charge is -2.26. The van der Waals surface area contributed by atoms with Gasteiger partial charge in [0.2, 0.25) is 0 Å². The average Bonchev–Trinajstić information content (AvgIpc) is 3.24. The summed E-state index contributed by atoms with van der Waals surface area (Å²) in [4.78, 5) is 19.3. The van der Waals surface area contributed by atoms with Gasteiger partial charge in [-0.2, -0.15) is 0 Å². The highest BCUT2D eigenvalue weighted by molar-refractivity contribution is 7.98. The summed E-state index contributed by atoms with van der Waals surface area (Å²) in [5.74, 6) is -0.115. The van der Waals surface area contributed by atoms with Crippen LogP contribution in [0.3, 0.4) is 0 Å². The Balaban J connectivity index is 1.42. The Morgan fingerprint density at radius 1 is 1.17 bits per heavy atom. The molecule has 7 heteroatoms. The minimum Gasteiger partial charge on any atom is -0.379 e. The molecule has 150 valence electrons. The molecular formula is C22H24N4O2S. The molecule has 0 spiro atoms. The summed E-state index contributed by atoms with van der Waals surface area (Å²) in [5, 5.41) is 3.92. The molecule has 1 N–H and O–H groups in total. The molecule has 2 heterocycles. The number of carbonyl (C=O) groups is 1. The number of hydrogen-bond donors (Lipinski definition) is 1. The molecule has 0 radical (unpaired) electrons. The topological polar surface area (TPSA) is 59.4 Å². The van der Waals surface area contributed by atoms with Crippen molar-refractivity contribution in [2.45, 2.75) is 11.7 Å². The molecule has 3 aromatic rings. The Labute approximate surface area is 174 Å². The van der Waals surface area contributed by atoms with Crippen LogP contribution < -0.4 is 5.32 Å². The quantitative estimate of drug-likeness (QED) is 0.631. The van der Waals surface area contributed by atoms with Gasteiger partial charge in [0, 0.05) is 49.0 Å². The van der Waals surface area contributed by atoms with Gasteiger partial charge in [-0.15, -0.1) is 0 Å². The first kappa shape index (κ1) is 19.7. The number of nitrogens with one attached hydrogen (secondary N) is 1. The number of amides is 1. The van der Waals surface area contributed by atoms with E-state index in [0.717, 1.165) is 49.4 Å². The Kier molecular flexibility index (Phi) is 6.29. The number of anilines is 1. The third-order valence-corrected chi connectivity index (χ3v) is 5.56. The number of imidazole rings is 1. The van der Waals surface area contributed by atoms with Crippen molar-refractivity contribution in [1.29, 1.82) is 0 Å². The molecular weight excluding hydrogens is 384 g/mol. The molecule has 1 aliphatic rings. The van der Waals surface area contributed by atoms with Crippen LogP contribution in [0.15, 0.2) is 66.1 Å². The first-order valence-electron chi connectivity index (χ1n) is 9.61. The molecule has 0 unspecified atom stereocenters. The van der Waals surface area contributed by atoms with Crippen LogP contribution in [0.1, 0.15) is 15.9 Å². The van der Waals surface area contributed by atoms with Crippen molar-refractivity contribution in [1.82, 2.24) is 14.5 Å². The molecule has 0 atom stereocenters. The maximum absolute atomic E-state index is 12.7. The van der Waals surface area contributed by atoms with Crippen LogP contribution in [0, 0.1) is 0 Å². The van der Waals surface area contributed by atoms with Gasteiger partial charge in [-0.1, -0.05) is 23.9 Å². The van der Waals surface area contributed by atoms with E-state index in [1.54, 1.807) is 18.0 Å². The number of benzene rings is 2. The van der Waals surface area contributed by atoms with Gasteiger partial charge in [-0.25, -0.2) is 4.98 Å². The van der Waals surface area contributed by atoms with Gasteiger partial charge in [0.25, 0.3) is 5.91 Å². The first-order valence-corrected chi connectivity index (χ1v) is 10.8. The molecule has 0 bridgehead atoms. The molecule has 0 aliphatic carbocycles. The molecule has 4 rings (SSSR count). The van der Waals surface area contributed by atoms with E-state index in [9.17, 15) is 4.79 Å². The monoisotopic (exact) mass is 408 g/mol. The Hall–Kier alpha value is -2.61. The molecule has 29 heavy (non-hydrogen) atoms. The lowest BCUT2D eigenvalue weighted by Crippen LogP contribution is -2.35. The number of nitrogens with zero attached hydrogens (tertiary/aromatic N) is 3. The number of morpholine rings is 1. The minimum atomic E-state index is -0.115. The summed E-state index contributed by atoms with van der Waals surface area (Å²) < 4.78 is 7.40. The zero-order valence-corrected chi connectivity index (χ0v) is 17.2. The van der Waals surface area contributed by atoms with Crippen molar-refractivity contribution in [3.8, 4) is 5.69 Å². The van der Waals surface area contributed by atoms with Crippen LogP contribution in [0.4, 0.5) is 5.69 Å². The van der Waals surface area contributed by atoms with Crippen LogP contribution in [0.2, 0.25) is 0 Å². The van der Waals surface area contributed by atoms with Gasteiger partial charge in [0.1, 0.15) is 0 Å². The van der Waals surface area contributed by atoms with Crippen molar-refractivity contribution in [3.63, 3.8) is 0 Å². The SMILES string of the molecule is CSc1nccn1-c1ccc(C(=O)Nc2cccc(CN3CCOCC3)c2)cc1. The number of thioether (sulfide) groups is 1. The highest BCUT2D eigenvalue weighted by Gasteiger charge is 2.12. The lowest BCUT2D eigenvalue weighted by molar-refractivity contribution is 0.0342. The Morgan fingerprint density at radius 2 is 1.97 bits per heavy atom. The number of ether oxygens (including phenoxy) is 1. The second kappa shape index (κ2) is 9.26. The van der Waals surface area contributed by atoms with E-state index in [4.69, 9.17) is 4.74 Å². The fourth-order valence-electron chi connectivity index (χ4n) is 3.38. The van der Waals surface area contributed by atoms with Crippen LogP contribution in [0.25, 0.3) is 5.69 Å². The van der Waals surface area contributed by atoms with E-state index in [0.29, 0.717) is 5.56 Å². The molecule has 1 saturated heterocycles. The maximum atomic E-state index is 12.7. The molecule has 1 amide bonds. The van der Waals surface area contributed by atoms with Crippen molar-refractivity contribution in [3.05, 3.63) is 72.1 Å². The molecule has 2 aromatic carbocycles. The Bertz CT molecular complexity index is 965. The summed E-state index contributed by atoms with van der Waals surface area (Å²) in [6.45, 7) is 4.31. The second-order valence-electron chi connectivity index (χ2n) is 6.87. The summed E-state index contributed by atoms with van der Waals surface area (Å²) in [5.41, 5.74) is 3.60. The molecule has 1 aromatic heterocycles. The summed E-state index contributed by atoms with van der Waals surface area (Å²) in [6.07, 6.45) is 5.69. The van der Waals surface area contributed by atoms with Gasteiger partial charge in [0.15, 0.2) is 5.16 Å². The third-order valence-electron chi connectivity index (χ3n) is 4.89. The highest BCUT2D eigenvalue weighted by Crippen LogP contribution is 2.19. The first-order chi connectivity index (χ1) is 14.2. The van der Waals surface area contributed by atoms with Crippen LogP contribution in [-0.2, 0) is 11.3 Å². The number of aromatic nitrogens is 2. The standard InChI is InChI=1S/C22H24N4O2S/c1-29-22-23-9-10-26(22)20-7-5-18(6-8-20)21(27)24-19-4-2-3-17(15-19)16-25-11-13-28-14-12-25/h2-10,15H,11-14,16H2,1H3,(H,24,27). The largest absolute Gasteiger partial charge is 0.379 e. The maximum Gasteiger partial charge on any atom is 0.255 e. The molecule has 1 fully saturated rings. The number of carbonyl (C=O) groups excluding carboxylic acids is 1. The molecule has 1 aliphatic heterocycles. The van der Waals surface area contributed by atoms with E-state index in [1.807, 2.05) is 59.5 Å². The van der Waals surface area contributed by atoms with E-state index >= 15 is 0 Å². The average molecular weight is 409 g/mol. The van der Waals surface area contributed by atoms with Crippen LogP contribution in [-0.4, -0.2) is 52.9 Å². The van der Waals surface area contributed by atoms with Crippen LogP contribution >= 0.6 is 11.8 Å². The third kappa shape index (κ3) is 4.87. The van der Waals surface area contributed by atoms with Crippen molar-refractivity contribution >= 4 is 23.4 Å². The summed E-state index contributed by atoms with van der Waals surface area (Å²) in [7, 11) is 0.